The minimum absolute atomic E-state index is 0.0330. The monoisotopic (exact) mass is 313 g/mol. The van der Waals surface area contributed by atoms with Gasteiger partial charge in [-0.05, 0) is 24.1 Å². The number of hydrogen-bond donors (Lipinski definition) is 2. The number of nitrogens with one attached hydrogen (secondary N) is 2. The molecule has 0 unspecified atom stereocenters. The van der Waals surface area contributed by atoms with Crippen molar-refractivity contribution < 1.29 is 8.78 Å². The van der Waals surface area contributed by atoms with E-state index in [1.165, 1.54) is 12.1 Å². The van der Waals surface area contributed by atoms with E-state index in [0.717, 1.165) is 12.5 Å². The topological polar surface area (TPSA) is 62.7 Å². The SMILES string of the molecule is CCCNc1nc(Cl)nc(NCc2ccc(F)cc2F)n1. The number of rotatable bonds is 6. The van der Waals surface area contributed by atoms with Crippen LogP contribution in [-0.4, -0.2) is 21.5 Å². The number of anilines is 2. The van der Waals surface area contributed by atoms with Gasteiger partial charge in [0.05, 0.1) is 0 Å². The van der Waals surface area contributed by atoms with E-state index in [9.17, 15) is 8.78 Å². The van der Waals surface area contributed by atoms with Gasteiger partial charge in [0.1, 0.15) is 11.6 Å². The third-order valence-electron chi connectivity index (χ3n) is 2.59. The Bertz CT molecular complexity index is 624. The Kier molecular flexibility index (Phi) is 5.21. The van der Waals surface area contributed by atoms with Gasteiger partial charge in [0.15, 0.2) is 0 Å². The molecule has 2 aromatic rings. The maximum Gasteiger partial charge on any atom is 0.229 e. The Morgan fingerprint density at radius 2 is 1.81 bits per heavy atom. The van der Waals surface area contributed by atoms with Crippen LogP contribution in [0.25, 0.3) is 0 Å². The summed E-state index contributed by atoms with van der Waals surface area (Å²) >= 11 is 5.80. The van der Waals surface area contributed by atoms with Gasteiger partial charge in [0, 0.05) is 24.7 Å². The smallest absolute Gasteiger partial charge is 0.229 e. The molecule has 0 saturated carbocycles. The van der Waals surface area contributed by atoms with Crippen LogP contribution in [0, 0.1) is 11.6 Å². The van der Waals surface area contributed by atoms with E-state index >= 15 is 0 Å². The molecule has 2 N–H and O–H groups in total. The number of aromatic nitrogens is 3. The van der Waals surface area contributed by atoms with Crippen LogP contribution in [0.3, 0.4) is 0 Å². The van der Waals surface area contributed by atoms with E-state index in [2.05, 4.69) is 25.6 Å². The highest BCUT2D eigenvalue weighted by Gasteiger charge is 2.07. The molecule has 1 aromatic heterocycles. The van der Waals surface area contributed by atoms with Gasteiger partial charge in [-0.1, -0.05) is 13.0 Å². The van der Waals surface area contributed by atoms with Crippen molar-refractivity contribution in [1.82, 2.24) is 15.0 Å². The summed E-state index contributed by atoms with van der Waals surface area (Å²) in [4.78, 5) is 11.9. The highest BCUT2D eigenvalue weighted by atomic mass is 35.5. The second-order valence-electron chi connectivity index (χ2n) is 4.27. The molecule has 0 aliphatic carbocycles. The first-order valence-corrected chi connectivity index (χ1v) is 6.79. The number of nitrogens with zero attached hydrogens (tertiary/aromatic N) is 3. The van der Waals surface area contributed by atoms with Gasteiger partial charge in [-0.2, -0.15) is 15.0 Å². The van der Waals surface area contributed by atoms with Gasteiger partial charge < -0.3 is 10.6 Å². The normalized spacial score (nSPS) is 10.5. The summed E-state index contributed by atoms with van der Waals surface area (Å²) in [6.07, 6.45) is 0.910. The average Bonchev–Trinajstić information content (AvgIpc) is 2.43. The van der Waals surface area contributed by atoms with E-state index in [0.29, 0.717) is 18.1 Å². The minimum atomic E-state index is -0.632. The van der Waals surface area contributed by atoms with Gasteiger partial charge >= 0.3 is 0 Å². The Morgan fingerprint density at radius 1 is 1.10 bits per heavy atom. The summed E-state index contributed by atoms with van der Waals surface area (Å²) in [5.41, 5.74) is 0.302. The Labute approximate surface area is 125 Å². The minimum Gasteiger partial charge on any atom is -0.354 e. The van der Waals surface area contributed by atoms with Gasteiger partial charge in [0.2, 0.25) is 17.2 Å². The molecule has 0 radical (unpaired) electrons. The van der Waals surface area contributed by atoms with Gasteiger partial charge in [-0.15, -0.1) is 0 Å². The maximum absolute atomic E-state index is 13.5. The first kappa shape index (κ1) is 15.4. The lowest BCUT2D eigenvalue weighted by molar-refractivity contribution is 0.574. The van der Waals surface area contributed by atoms with Crippen molar-refractivity contribution >= 4 is 23.5 Å². The first-order chi connectivity index (χ1) is 10.1. The van der Waals surface area contributed by atoms with Crippen molar-refractivity contribution in [2.24, 2.45) is 0 Å². The van der Waals surface area contributed by atoms with Crippen LogP contribution < -0.4 is 10.6 Å². The Balaban J connectivity index is 2.07. The van der Waals surface area contributed by atoms with Gasteiger partial charge in [0.25, 0.3) is 0 Å². The highest BCUT2D eigenvalue weighted by molar-refractivity contribution is 6.28. The fraction of sp³-hybridized carbons (Fsp3) is 0.308. The zero-order valence-electron chi connectivity index (χ0n) is 11.3. The van der Waals surface area contributed by atoms with Crippen LogP contribution in [0.1, 0.15) is 18.9 Å². The number of hydrogen-bond acceptors (Lipinski definition) is 5. The maximum atomic E-state index is 13.5. The predicted octanol–water partition coefficient (Wildman–Crippen LogP) is 3.24. The van der Waals surface area contributed by atoms with Crippen LogP contribution in [0.4, 0.5) is 20.7 Å². The molecule has 0 aliphatic heterocycles. The van der Waals surface area contributed by atoms with E-state index in [-0.39, 0.29) is 17.8 Å². The summed E-state index contributed by atoms with van der Waals surface area (Å²) in [6, 6.07) is 3.37. The molecule has 0 bridgehead atoms. The molecule has 0 atom stereocenters. The molecule has 0 fully saturated rings. The summed E-state index contributed by atoms with van der Waals surface area (Å²) in [7, 11) is 0. The van der Waals surface area contributed by atoms with Gasteiger partial charge in [-0.3, -0.25) is 0 Å². The summed E-state index contributed by atoms with van der Waals surface area (Å²) in [6.45, 7) is 2.82. The highest BCUT2D eigenvalue weighted by Crippen LogP contribution is 2.13. The fourth-order valence-corrected chi connectivity index (χ4v) is 1.74. The molecule has 8 heteroatoms. The standard InChI is InChI=1S/C13H14ClF2N5/c1-2-5-17-12-19-11(14)20-13(21-12)18-7-8-3-4-9(15)6-10(8)16/h3-4,6H,2,5,7H2,1H3,(H2,17,18,19,20,21). The van der Waals surface area contributed by atoms with Crippen LogP contribution in [0.2, 0.25) is 5.28 Å². The van der Waals surface area contributed by atoms with Crippen molar-refractivity contribution in [3.05, 3.63) is 40.7 Å². The fourth-order valence-electron chi connectivity index (χ4n) is 1.58. The zero-order valence-corrected chi connectivity index (χ0v) is 12.1. The molecule has 2 rings (SSSR count). The second kappa shape index (κ2) is 7.12. The largest absolute Gasteiger partial charge is 0.354 e. The number of halogens is 3. The summed E-state index contributed by atoms with van der Waals surface area (Å²) in [5.74, 6) is -0.686. The Hall–Kier alpha value is -2.02. The van der Waals surface area contributed by atoms with Crippen molar-refractivity contribution in [2.45, 2.75) is 19.9 Å². The van der Waals surface area contributed by atoms with Crippen molar-refractivity contribution in [3.63, 3.8) is 0 Å². The lowest BCUT2D eigenvalue weighted by Gasteiger charge is -2.08. The third-order valence-corrected chi connectivity index (χ3v) is 2.76. The van der Waals surface area contributed by atoms with Crippen molar-refractivity contribution in [1.29, 1.82) is 0 Å². The van der Waals surface area contributed by atoms with Gasteiger partial charge in [-0.25, -0.2) is 8.78 Å². The average molecular weight is 314 g/mol. The summed E-state index contributed by atoms with van der Waals surface area (Å²) < 4.78 is 26.3. The number of benzene rings is 1. The lowest BCUT2D eigenvalue weighted by atomic mass is 10.2. The lowest BCUT2D eigenvalue weighted by Crippen LogP contribution is -2.10. The van der Waals surface area contributed by atoms with Crippen LogP contribution in [0.5, 0.6) is 0 Å². The van der Waals surface area contributed by atoms with Crippen molar-refractivity contribution in [3.8, 4) is 0 Å². The third kappa shape index (κ3) is 4.49. The first-order valence-electron chi connectivity index (χ1n) is 6.41. The molecule has 5 nitrogen and oxygen atoms in total. The van der Waals surface area contributed by atoms with Crippen LogP contribution in [0.15, 0.2) is 18.2 Å². The molecule has 21 heavy (non-hydrogen) atoms. The molecule has 1 aromatic carbocycles. The quantitative estimate of drug-likeness (QED) is 0.857. The van der Waals surface area contributed by atoms with E-state index in [1.54, 1.807) is 0 Å². The van der Waals surface area contributed by atoms with E-state index in [4.69, 9.17) is 11.6 Å². The van der Waals surface area contributed by atoms with Crippen LogP contribution >= 0.6 is 11.6 Å². The molecule has 0 saturated heterocycles. The van der Waals surface area contributed by atoms with Crippen LogP contribution in [-0.2, 0) is 6.54 Å². The Morgan fingerprint density at radius 3 is 2.48 bits per heavy atom. The zero-order chi connectivity index (χ0) is 15.2. The molecule has 112 valence electrons. The molecular formula is C13H14ClF2N5. The summed E-state index contributed by atoms with van der Waals surface area (Å²) in [5, 5.41) is 5.85. The van der Waals surface area contributed by atoms with E-state index in [1.807, 2.05) is 6.92 Å². The molecule has 1 heterocycles. The molecule has 0 aliphatic rings. The molecule has 0 spiro atoms. The predicted molar refractivity (Wildman–Crippen MR) is 77.3 cm³/mol. The molecule has 0 amide bonds. The second-order valence-corrected chi connectivity index (χ2v) is 4.61. The van der Waals surface area contributed by atoms with Crippen molar-refractivity contribution in [2.75, 3.05) is 17.2 Å². The molecular weight excluding hydrogens is 300 g/mol. The van der Waals surface area contributed by atoms with E-state index < -0.39 is 11.6 Å².